The molecule has 0 aliphatic heterocycles. The highest BCUT2D eigenvalue weighted by Gasteiger charge is 2.01. The van der Waals surface area contributed by atoms with E-state index in [0.717, 1.165) is 11.3 Å². The zero-order chi connectivity index (χ0) is 9.72. The molecule has 0 atom stereocenters. The van der Waals surface area contributed by atoms with Crippen LogP contribution in [0, 0.1) is 13.8 Å². The Balaban J connectivity index is 0.000000561. The van der Waals surface area contributed by atoms with Gasteiger partial charge in [0.25, 0.3) is 0 Å². The number of nitrogens with zero attached hydrogens (tertiary/aromatic N) is 2. The van der Waals surface area contributed by atoms with Gasteiger partial charge in [-0.1, -0.05) is 0 Å². The van der Waals surface area contributed by atoms with E-state index >= 15 is 0 Å². The summed E-state index contributed by atoms with van der Waals surface area (Å²) in [6.45, 7) is 9.71. The number of rotatable bonds is 0. The smallest absolute Gasteiger partial charge is 0.224 e. The summed E-state index contributed by atoms with van der Waals surface area (Å²) in [5, 5.41) is 0.209. The summed E-state index contributed by atoms with van der Waals surface area (Å²) in [6.07, 6.45) is 0. The molecule has 66 valence electrons. The van der Waals surface area contributed by atoms with Crippen molar-refractivity contribution in [3.05, 3.63) is 29.7 Å². The van der Waals surface area contributed by atoms with Crippen LogP contribution in [0.2, 0.25) is 5.28 Å². The quantitative estimate of drug-likeness (QED) is 0.498. The van der Waals surface area contributed by atoms with Gasteiger partial charge < -0.3 is 5.73 Å². The number of aromatic nitrogens is 2. The Morgan fingerprint density at radius 3 is 2.17 bits per heavy atom. The Hall–Kier alpha value is -1.09. The normalized spacial score (nSPS) is 8.58. The standard InChI is InChI=1S/C6H8ClN3.C2H4/c1-3-4(2)9-6(7)10-5(3)8;1-2/h1-2H3,(H2,8,9,10);1-2H2. The highest BCUT2D eigenvalue weighted by atomic mass is 35.5. The van der Waals surface area contributed by atoms with Gasteiger partial charge in [-0.25, -0.2) is 9.97 Å². The van der Waals surface area contributed by atoms with E-state index in [1.54, 1.807) is 0 Å². The molecule has 2 N–H and O–H groups in total. The fourth-order valence-electron chi connectivity index (χ4n) is 0.616. The van der Waals surface area contributed by atoms with Gasteiger partial charge in [-0.05, 0) is 25.4 Å². The summed E-state index contributed by atoms with van der Waals surface area (Å²) in [6, 6.07) is 0. The second-order valence-electron chi connectivity index (χ2n) is 2.09. The molecule has 1 rings (SSSR count). The van der Waals surface area contributed by atoms with Gasteiger partial charge in [0.1, 0.15) is 5.82 Å². The summed E-state index contributed by atoms with van der Waals surface area (Å²) in [4.78, 5) is 7.67. The van der Waals surface area contributed by atoms with Crippen LogP contribution in [0.25, 0.3) is 0 Å². The SMILES string of the molecule is C=C.Cc1nc(Cl)nc(N)c1C. The highest BCUT2D eigenvalue weighted by Crippen LogP contribution is 2.12. The third kappa shape index (κ3) is 2.51. The monoisotopic (exact) mass is 185 g/mol. The van der Waals surface area contributed by atoms with Crippen LogP contribution in [-0.2, 0) is 0 Å². The Morgan fingerprint density at radius 1 is 1.25 bits per heavy atom. The van der Waals surface area contributed by atoms with Crippen LogP contribution in [0.4, 0.5) is 5.82 Å². The Morgan fingerprint density at radius 2 is 1.75 bits per heavy atom. The number of hydrogen-bond donors (Lipinski definition) is 1. The number of nitrogens with two attached hydrogens (primary N) is 1. The van der Waals surface area contributed by atoms with Crippen LogP contribution in [-0.4, -0.2) is 9.97 Å². The maximum Gasteiger partial charge on any atom is 0.224 e. The van der Waals surface area contributed by atoms with Crippen molar-refractivity contribution in [2.45, 2.75) is 13.8 Å². The Labute approximate surface area is 77.3 Å². The summed E-state index contributed by atoms with van der Waals surface area (Å²) < 4.78 is 0. The van der Waals surface area contributed by atoms with Crippen LogP contribution >= 0.6 is 11.6 Å². The molecular weight excluding hydrogens is 174 g/mol. The summed E-state index contributed by atoms with van der Waals surface area (Å²) >= 11 is 5.52. The molecule has 0 amide bonds. The van der Waals surface area contributed by atoms with Crippen molar-refractivity contribution >= 4 is 17.4 Å². The van der Waals surface area contributed by atoms with Gasteiger partial charge in [0.2, 0.25) is 5.28 Å². The van der Waals surface area contributed by atoms with E-state index in [1.807, 2.05) is 13.8 Å². The maximum atomic E-state index is 5.52. The average Bonchev–Trinajstić information content (AvgIpc) is 2.04. The highest BCUT2D eigenvalue weighted by molar-refractivity contribution is 6.28. The van der Waals surface area contributed by atoms with E-state index in [1.165, 1.54) is 0 Å². The van der Waals surface area contributed by atoms with Crippen molar-refractivity contribution in [1.29, 1.82) is 0 Å². The van der Waals surface area contributed by atoms with Crippen molar-refractivity contribution in [1.82, 2.24) is 9.97 Å². The Kier molecular flexibility index (Phi) is 4.29. The van der Waals surface area contributed by atoms with E-state index in [2.05, 4.69) is 23.1 Å². The molecule has 0 aliphatic rings. The molecule has 0 aromatic carbocycles. The first-order valence-electron chi connectivity index (χ1n) is 3.37. The molecule has 12 heavy (non-hydrogen) atoms. The lowest BCUT2D eigenvalue weighted by Gasteiger charge is -2.00. The third-order valence-electron chi connectivity index (χ3n) is 1.40. The summed E-state index contributed by atoms with van der Waals surface area (Å²) in [5.74, 6) is 0.456. The molecule has 0 aliphatic carbocycles. The zero-order valence-electron chi connectivity index (χ0n) is 7.26. The van der Waals surface area contributed by atoms with Crippen molar-refractivity contribution in [2.24, 2.45) is 0 Å². The molecule has 1 aromatic heterocycles. The number of nitrogen functional groups attached to an aromatic ring is 1. The number of aryl methyl sites for hydroxylation is 1. The average molecular weight is 186 g/mol. The third-order valence-corrected chi connectivity index (χ3v) is 1.57. The predicted molar refractivity (Wildman–Crippen MR) is 52.2 cm³/mol. The molecule has 0 radical (unpaired) electrons. The van der Waals surface area contributed by atoms with Gasteiger partial charge in [-0.3, -0.25) is 0 Å². The predicted octanol–water partition coefficient (Wildman–Crippen LogP) is 2.13. The van der Waals surface area contributed by atoms with Crippen molar-refractivity contribution < 1.29 is 0 Å². The molecule has 0 saturated heterocycles. The van der Waals surface area contributed by atoms with Crippen LogP contribution < -0.4 is 5.73 Å². The van der Waals surface area contributed by atoms with E-state index in [0.29, 0.717) is 5.82 Å². The van der Waals surface area contributed by atoms with Crippen LogP contribution in [0.15, 0.2) is 13.2 Å². The number of hydrogen-bond acceptors (Lipinski definition) is 3. The zero-order valence-corrected chi connectivity index (χ0v) is 8.02. The lowest BCUT2D eigenvalue weighted by Crippen LogP contribution is -1.99. The molecule has 1 heterocycles. The van der Waals surface area contributed by atoms with E-state index < -0.39 is 0 Å². The largest absolute Gasteiger partial charge is 0.383 e. The fourth-order valence-corrected chi connectivity index (χ4v) is 0.834. The molecule has 0 spiro atoms. The van der Waals surface area contributed by atoms with E-state index in [4.69, 9.17) is 17.3 Å². The first-order valence-corrected chi connectivity index (χ1v) is 3.75. The summed E-state index contributed by atoms with van der Waals surface area (Å²) in [7, 11) is 0. The van der Waals surface area contributed by atoms with Crippen LogP contribution in [0.1, 0.15) is 11.3 Å². The van der Waals surface area contributed by atoms with Crippen molar-refractivity contribution in [3.8, 4) is 0 Å². The molecule has 0 unspecified atom stereocenters. The number of halogens is 1. The maximum absolute atomic E-state index is 5.52. The second kappa shape index (κ2) is 4.72. The van der Waals surface area contributed by atoms with E-state index in [9.17, 15) is 0 Å². The Bertz CT molecular complexity index is 250. The molecule has 0 fully saturated rings. The summed E-state index contributed by atoms with van der Waals surface area (Å²) in [5.41, 5.74) is 7.21. The molecule has 0 bridgehead atoms. The number of anilines is 1. The van der Waals surface area contributed by atoms with Crippen LogP contribution in [0.3, 0.4) is 0 Å². The van der Waals surface area contributed by atoms with Gasteiger partial charge in [-0.2, -0.15) is 0 Å². The molecule has 1 aromatic rings. The molecule has 3 nitrogen and oxygen atoms in total. The molecular formula is C8H12ClN3. The minimum atomic E-state index is 0.209. The van der Waals surface area contributed by atoms with Gasteiger partial charge in [0.15, 0.2) is 0 Å². The van der Waals surface area contributed by atoms with Crippen LogP contribution in [0.5, 0.6) is 0 Å². The van der Waals surface area contributed by atoms with Crippen molar-refractivity contribution in [2.75, 3.05) is 5.73 Å². The topological polar surface area (TPSA) is 51.8 Å². The minimum Gasteiger partial charge on any atom is -0.383 e. The lowest BCUT2D eigenvalue weighted by molar-refractivity contribution is 1.07. The first-order chi connectivity index (χ1) is 5.61. The first kappa shape index (κ1) is 10.9. The van der Waals surface area contributed by atoms with Gasteiger partial charge in [-0.15, -0.1) is 13.2 Å². The van der Waals surface area contributed by atoms with Gasteiger partial charge >= 0.3 is 0 Å². The van der Waals surface area contributed by atoms with Gasteiger partial charge in [0, 0.05) is 11.3 Å². The van der Waals surface area contributed by atoms with Crippen molar-refractivity contribution in [3.63, 3.8) is 0 Å². The molecule has 0 saturated carbocycles. The fraction of sp³-hybridized carbons (Fsp3) is 0.250. The van der Waals surface area contributed by atoms with Gasteiger partial charge in [0.05, 0.1) is 0 Å². The lowest BCUT2D eigenvalue weighted by atomic mass is 10.2. The minimum absolute atomic E-state index is 0.209. The van der Waals surface area contributed by atoms with E-state index in [-0.39, 0.29) is 5.28 Å². The second-order valence-corrected chi connectivity index (χ2v) is 2.43. The molecule has 4 heteroatoms.